The molecule has 0 saturated heterocycles. The number of primary amides is 1. The minimum atomic E-state index is -0.741. The van der Waals surface area contributed by atoms with Gasteiger partial charge in [0.15, 0.2) is 12.4 Å². The lowest BCUT2D eigenvalue weighted by atomic mass is 10.2. The standard InChI is InChI=1S/C15H12N2O6/c16-15(19)10-5-7-11(8-6-10)23-14(18)9-22-13-4-2-1-3-12(13)17(20)21/h1-8H,9H2,(H2,16,19). The van der Waals surface area contributed by atoms with Crippen LogP contribution in [-0.2, 0) is 4.79 Å². The first-order chi connectivity index (χ1) is 11.0. The summed E-state index contributed by atoms with van der Waals surface area (Å²) in [5.41, 5.74) is 5.13. The first kappa shape index (κ1) is 16.0. The highest BCUT2D eigenvalue weighted by molar-refractivity contribution is 5.92. The molecule has 0 heterocycles. The van der Waals surface area contributed by atoms with E-state index in [0.29, 0.717) is 0 Å². The van der Waals surface area contributed by atoms with Crippen LogP contribution in [0.2, 0.25) is 0 Å². The van der Waals surface area contributed by atoms with Crippen LogP contribution in [0.1, 0.15) is 10.4 Å². The molecule has 0 aliphatic rings. The van der Waals surface area contributed by atoms with E-state index in [0.717, 1.165) is 0 Å². The summed E-state index contributed by atoms with van der Waals surface area (Å²) in [6.45, 7) is -0.498. The molecule has 8 heteroatoms. The Bertz CT molecular complexity index is 742. The molecule has 0 unspecified atom stereocenters. The number of ether oxygens (including phenoxy) is 2. The number of benzene rings is 2. The highest BCUT2D eigenvalue weighted by Crippen LogP contribution is 2.25. The predicted octanol–water partition coefficient (Wildman–Crippen LogP) is 1.68. The minimum Gasteiger partial charge on any atom is -0.475 e. The fourth-order valence-electron chi connectivity index (χ4n) is 1.71. The summed E-state index contributed by atoms with van der Waals surface area (Å²) in [6.07, 6.45) is 0. The van der Waals surface area contributed by atoms with Crippen LogP contribution < -0.4 is 15.2 Å². The third-order valence-electron chi connectivity index (χ3n) is 2.78. The van der Waals surface area contributed by atoms with E-state index in [2.05, 4.69) is 0 Å². The summed E-state index contributed by atoms with van der Waals surface area (Å²) < 4.78 is 10.1. The fourth-order valence-corrected chi connectivity index (χ4v) is 1.71. The average molecular weight is 316 g/mol. The second-order valence-electron chi connectivity index (χ2n) is 4.38. The average Bonchev–Trinajstić information content (AvgIpc) is 2.53. The molecule has 0 spiro atoms. The summed E-state index contributed by atoms with van der Waals surface area (Å²) in [6, 6.07) is 11.3. The molecular weight excluding hydrogens is 304 g/mol. The van der Waals surface area contributed by atoms with Crippen LogP contribution in [0.15, 0.2) is 48.5 Å². The number of esters is 1. The molecule has 0 saturated carbocycles. The molecule has 0 fully saturated rings. The Balaban J connectivity index is 1.95. The van der Waals surface area contributed by atoms with Crippen LogP contribution in [0.4, 0.5) is 5.69 Å². The second-order valence-corrected chi connectivity index (χ2v) is 4.38. The smallest absolute Gasteiger partial charge is 0.349 e. The Morgan fingerprint density at radius 2 is 1.74 bits per heavy atom. The zero-order valence-corrected chi connectivity index (χ0v) is 11.8. The van der Waals surface area contributed by atoms with Gasteiger partial charge < -0.3 is 15.2 Å². The Kier molecular flexibility index (Phi) is 4.88. The molecule has 2 N–H and O–H groups in total. The molecule has 0 bridgehead atoms. The number of hydrogen-bond acceptors (Lipinski definition) is 6. The summed E-state index contributed by atoms with van der Waals surface area (Å²) in [5.74, 6) is -1.16. The molecule has 2 aromatic rings. The zero-order chi connectivity index (χ0) is 16.8. The topological polar surface area (TPSA) is 122 Å². The van der Waals surface area contributed by atoms with Gasteiger partial charge in [-0.25, -0.2) is 4.79 Å². The number of amides is 1. The van der Waals surface area contributed by atoms with Crippen molar-refractivity contribution in [3.05, 3.63) is 64.2 Å². The minimum absolute atomic E-state index is 0.0291. The Morgan fingerprint density at radius 1 is 1.09 bits per heavy atom. The highest BCUT2D eigenvalue weighted by Gasteiger charge is 2.15. The molecule has 2 rings (SSSR count). The van der Waals surface area contributed by atoms with Gasteiger partial charge in [-0.05, 0) is 30.3 Å². The first-order valence-corrected chi connectivity index (χ1v) is 6.44. The van der Waals surface area contributed by atoms with Crippen molar-refractivity contribution in [1.82, 2.24) is 0 Å². The molecule has 23 heavy (non-hydrogen) atoms. The molecule has 0 radical (unpaired) electrons. The van der Waals surface area contributed by atoms with Gasteiger partial charge in [-0.2, -0.15) is 0 Å². The van der Waals surface area contributed by atoms with Crippen LogP contribution in [-0.4, -0.2) is 23.4 Å². The van der Waals surface area contributed by atoms with Crippen molar-refractivity contribution in [2.75, 3.05) is 6.61 Å². The maximum Gasteiger partial charge on any atom is 0.349 e. The van der Waals surface area contributed by atoms with Crippen LogP contribution >= 0.6 is 0 Å². The quantitative estimate of drug-likeness (QED) is 0.374. The van der Waals surface area contributed by atoms with Gasteiger partial charge in [0.05, 0.1) is 4.92 Å². The number of rotatable bonds is 6. The SMILES string of the molecule is NC(=O)c1ccc(OC(=O)COc2ccccc2[N+](=O)[O-])cc1. The van der Waals surface area contributed by atoms with Crippen molar-refractivity contribution in [2.24, 2.45) is 5.73 Å². The highest BCUT2D eigenvalue weighted by atomic mass is 16.6. The predicted molar refractivity (Wildman–Crippen MR) is 79.2 cm³/mol. The van der Waals surface area contributed by atoms with Gasteiger partial charge in [-0.1, -0.05) is 12.1 Å². The zero-order valence-electron chi connectivity index (χ0n) is 11.8. The van der Waals surface area contributed by atoms with E-state index in [4.69, 9.17) is 15.2 Å². The summed E-state index contributed by atoms with van der Waals surface area (Å²) in [7, 11) is 0. The van der Waals surface area contributed by atoms with Crippen LogP contribution in [0.25, 0.3) is 0 Å². The van der Waals surface area contributed by atoms with E-state index in [9.17, 15) is 19.7 Å². The van der Waals surface area contributed by atoms with Crippen molar-refractivity contribution in [3.63, 3.8) is 0 Å². The van der Waals surface area contributed by atoms with E-state index in [1.54, 1.807) is 6.07 Å². The number of nitro groups is 1. The number of nitrogens with zero attached hydrogens (tertiary/aromatic N) is 1. The van der Waals surface area contributed by atoms with E-state index >= 15 is 0 Å². The van der Waals surface area contributed by atoms with Crippen molar-refractivity contribution >= 4 is 17.6 Å². The number of hydrogen-bond donors (Lipinski definition) is 1. The Hall–Kier alpha value is -3.42. The molecular formula is C15H12N2O6. The third-order valence-corrected chi connectivity index (χ3v) is 2.78. The summed E-state index contributed by atoms with van der Waals surface area (Å²) in [4.78, 5) is 32.8. The van der Waals surface area contributed by atoms with E-state index < -0.39 is 23.4 Å². The maximum atomic E-state index is 11.7. The van der Waals surface area contributed by atoms with Crippen LogP contribution in [0, 0.1) is 10.1 Å². The lowest BCUT2D eigenvalue weighted by molar-refractivity contribution is -0.385. The van der Waals surface area contributed by atoms with E-state index in [1.807, 2.05) is 0 Å². The van der Waals surface area contributed by atoms with Gasteiger partial charge >= 0.3 is 11.7 Å². The number of carbonyl (C=O) groups excluding carboxylic acids is 2. The van der Waals surface area contributed by atoms with Crippen LogP contribution in [0.3, 0.4) is 0 Å². The van der Waals surface area contributed by atoms with Gasteiger partial charge in [-0.3, -0.25) is 14.9 Å². The molecule has 0 aliphatic heterocycles. The van der Waals surface area contributed by atoms with Gasteiger partial charge in [0.1, 0.15) is 5.75 Å². The van der Waals surface area contributed by atoms with E-state index in [-0.39, 0.29) is 22.7 Å². The molecule has 2 aromatic carbocycles. The molecule has 0 atom stereocenters. The van der Waals surface area contributed by atoms with Crippen molar-refractivity contribution < 1.29 is 24.0 Å². The summed E-state index contributed by atoms with van der Waals surface area (Å²) in [5, 5.41) is 10.8. The lowest BCUT2D eigenvalue weighted by Crippen LogP contribution is -2.18. The number of nitro benzene ring substituents is 1. The van der Waals surface area contributed by atoms with Crippen molar-refractivity contribution in [2.45, 2.75) is 0 Å². The molecule has 118 valence electrons. The second kappa shape index (κ2) is 7.03. The van der Waals surface area contributed by atoms with Gasteiger partial charge in [0.2, 0.25) is 5.91 Å². The molecule has 0 aliphatic carbocycles. The van der Waals surface area contributed by atoms with Crippen LogP contribution in [0.5, 0.6) is 11.5 Å². The Morgan fingerprint density at radius 3 is 2.35 bits per heavy atom. The monoisotopic (exact) mass is 316 g/mol. The van der Waals surface area contributed by atoms with Crippen molar-refractivity contribution in [1.29, 1.82) is 0 Å². The van der Waals surface area contributed by atoms with Crippen molar-refractivity contribution in [3.8, 4) is 11.5 Å². The summed E-state index contributed by atoms with van der Waals surface area (Å²) >= 11 is 0. The maximum absolute atomic E-state index is 11.7. The molecule has 0 aromatic heterocycles. The van der Waals surface area contributed by atoms with Gasteiger partial charge in [-0.15, -0.1) is 0 Å². The fraction of sp³-hybridized carbons (Fsp3) is 0.0667. The largest absolute Gasteiger partial charge is 0.475 e. The number of para-hydroxylation sites is 2. The van der Waals surface area contributed by atoms with Gasteiger partial charge in [0.25, 0.3) is 0 Å². The number of carbonyl (C=O) groups is 2. The van der Waals surface area contributed by atoms with E-state index in [1.165, 1.54) is 42.5 Å². The number of nitrogens with two attached hydrogens (primary N) is 1. The molecule has 8 nitrogen and oxygen atoms in total. The van der Waals surface area contributed by atoms with Gasteiger partial charge in [0, 0.05) is 11.6 Å². The Labute approximate surface area is 130 Å². The lowest BCUT2D eigenvalue weighted by Gasteiger charge is -2.07. The third kappa shape index (κ3) is 4.27. The normalized spacial score (nSPS) is 9.91. The molecule has 1 amide bonds. The first-order valence-electron chi connectivity index (χ1n) is 6.44.